The summed E-state index contributed by atoms with van der Waals surface area (Å²) in [6.07, 6.45) is 8.22. The number of aliphatic hydroxyl groups excluding tert-OH is 1. The number of aliphatic hydroxyl groups is 1. The molecular weight excluding hydrogens is 442 g/mol. The van der Waals surface area contributed by atoms with E-state index in [4.69, 9.17) is 9.47 Å². The molecule has 0 radical (unpaired) electrons. The standard InChI is InChI=1S/C28H53N3O4/c1-21(2)8-9-25-19-30(13-11-22(25)3)20-26(32)10-12-29-27(34-4)23-6-5-7-24(18-23)28(33)31-14-16-35-17-15-31/h21-27,29,32H,5-20H2,1-4H3/t22?,23?,24-,25?,26?,27?/m0/s1. The van der Waals surface area contributed by atoms with Crippen molar-refractivity contribution in [3.63, 3.8) is 0 Å². The van der Waals surface area contributed by atoms with Crippen LogP contribution < -0.4 is 5.32 Å². The zero-order chi connectivity index (χ0) is 25.2. The van der Waals surface area contributed by atoms with Crippen LogP contribution in [0.4, 0.5) is 0 Å². The van der Waals surface area contributed by atoms with Crippen LogP contribution in [0, 0.1) is 29.6 Å². The Morgan fingerprint density at radius 3 is 2.63 bits per heavy atom. The second-order valence-electron chi connectivity index (χ2n) is 11.9. The van der Waals surface area contributed by atoms with Crippen molar-refractivity contribution in [1.82, 2.24) is 15.1 Å². The minimum Gasteiger partial charge on any atom is -0.392 e. The van der Waals surface area contributed by atoms with Crippen molar-refractivity contribution in [1.29, 1.82) is 0 Å². The third-order valence-corrected chi connectivity index (χ3v) is 8.67. The van der Waals surface area contributed by atoms with E-state index in [9.17, 15) is 9.90 Å². The molecule has 2 aliphatic heterocycles. The number of nitrogens with zero attached hydrogens (tertiary/aromatic N) is 2. The summed E-state index contributed by atoms with van der Waals surface area (Å²) in [6.45, 7) is 13.5. The van der Waals surface area contributed by atoms with Gasteiger partial charge in [-0.2, -0.15) is 0 Å². The first-order chi connectivity index (χ1) is 16.9. The minimum absolute atomic E-state index is 0.0567. The number of nitrogens with one attached hydrogen (secondary N) is 1. The lowest BCUT2D eigenvalue weighted by atomic mass is 9.79. The van der Waals surface area contributed by atoms with E-state index >= 15 is 0 Å². The first-order valence-corrected chi connectivity index (χ1v) is 14.4. The van der Waals surface area contributed by atoms with E-state index in [1.807, 2.05) is 4.90 Å². The average molecular weight is 496 g/mol. The Balaban J connectivity index is 1.38. The number of likely N-dealkylation sites (tertiary alicyclic amines) is 1. The van der Waals surface area contributed by atoms with Gasteiger partial charge in [0.25, 0.3) is 0 Å². The fraction of sp³-hybridized carbons (Fsp3) is 0.964. The van der Waals surface area contributed by atoms with Crippen LogP contribution in [0.2, 0.25) is 0 Å². The molecule has 2 N–H and O–H groups in total. The fourth-order valence-corrected chi connectivity index (χ4v) is 6.31. The summed E-state index contributed by atoms with van der Waals surface area (Å²) >= 11 is 0. The first-order valence-electron chi connectivity index (χ1n) is 14.4. The quantitative estimate of drug-likeness (QED) is 0.405. The van der Waals surface area contributed by atoms with Crippen molar-refractivity contribution >= 4 is 5.91 Å². The van der Waals surface area contributed by atoms with Gasteiger partial charge < -0.3 is 24.4 Å². The van der Waals surface area contributed by atoms with Crippen LogP contribution in [0.15, 0.2) is 0 Å². The van der Waals surface area contributed by atoms with Gasteiger partial charge in [0, 0.05) is 45.8 Å². The zero-order valence-electron chi connectivity index (χ0n) is 22.9. The molecule has 0 bridgehead atoms. The third-order valence-electron chi connectivity index (χ3n) is 8.67. The van der Waals surface area contributed by atoms with Gasteiger partial charge >= 0.3 is 0 Å². The monoisotopic (exact) mass is 495 g/mol. The average Bonchev–Trinajstić information content (AvgIpc) is 2.87. The number of carbonyl (C=O) groups is 1. The number of morpholine rings is 1. The summed E-state index contributed by atoms with van der Waals surface area (Å²) < 4.78 is 11.2. The molecule has 0 spiro atoms. The zero-order valence-corrected chi connectivity index (χ0v) is 22.9. The predicted octanol–water partition coefficient (Wildman–Crippen LogP) is 3.36. The Bertz CT molecular complexity index is 613. The largest absolute Gasteiger partial charge is 0.392 e. The van der Waals surface area contributed by atoms with Crippen LogP contribution in [-0.2, 0) is 14.3 Å². The van der Waals surface area contributed by atoms with Gasteiger partial charge in [-0.1, -0.05) is 33.6 Å². The molecule has 35 heavy (non-hydrogen) atoms. The SMILES string of the molecule is COC(NCCC(O)CN1CCC(C)C(CCC(C)C)C1)C1CCC[C@H](C(=O)N2CCOCC2)C1. The van der Waals surface area contributed by atoms with Gasteiger partial charge in [0.05, 0.1) is 19.3 Å². The molecule has 0 aromatic rings. The van der Waals surface area contributed by atoms with Crippen LogP contribution in [-0.4, -0.2) is 92.7 Å². The lowest BCUT2D eigenvalue weighted by Gasteiger charge is -2.38. The fourth-order valence-electron chi connectivity index (χ4n) is 6.31. The molecule has 7 heteroatoms. The van der Waals surface area contributed by atoms with E-state index in [2.05, 4.69) is 31.0 Å². The van der Waals surface area contributed by atoms with Crippen LogP contribution in [0.5, 0.6) is 0 Å². The molecular formula is C28H53N3O4. The molecule has 1 saturated carbocycles. The van der Waals surface area contributed by atoms with Crippen molar-refractivity contribution in [2.75, 3.05) is 59.6 Å². The topological polar surface area (TPSA) is 74.3 Å². The highest BCUT2D eigenvalue weighted by Gasteiger charge is 2.34. The molecule has 3 fully saturated rings. The van der Waals surface area contributed by atoms with E-state index < -0.39 is 0 Å². The summed E-state index contributed by atoms with van der Waals surface area (Å²) in [7, 11) is 1.76. The molecule has 0 aromatic carbocycles. The molecule has 0 aromatic heterocycles. The Morgan fingerprint density at radius 1 is 1.14 bits per heavy atom. The number of rotatable bonds is 12. The van der Waals surface area contributed by atoms with Crippen LogP contribution in [0.3, 0.4) is 0 Å². The maximum atomic E-state index is 13.0. The van der Waals surface area contributed by atoms with Crippen LogP contribution in [0.1, 0.15) is 72.1 Å². The highest BCUT2D eigenvalue weighted by molar-refractivity contribution is 5.79. The van der Waals surface area contributed by atoms with Crippen molar-refractivity contribution in [2.45, 2.75) is 84.5 Å². The maximum Gasteiger partial charge on any atom is 0.225 e. The van der Waals surface area contributed by atoms with Crippen molar-refractivity contribution in [2.24, 2.45) is 29.6 Å². The number of methoxy groups -OCH3 is 1. The molecule has 2 saturated heterocycles. The third kappa shape index (κ3) is 9.26. The highest BCUT2D eigenvalue weighted by atomic mass is 16.5. The normalized spacial score (nSPS) is 30.4. The first kappa shape index (κ1) is 28.8. The number of piperidine rings is 1. The van der Waals surface area contributed by atoms with E-state index in [1.54, 1.807) is 7.11 Å². The summed E-state index contributed by atoms with van der Waals surface area (Å²) in [4.78, 5) is 17.5. The molecule has 1 amide bonds. The number of hydrogen-bond acceptors (Lipinski definition) is 6. The number of amides is 1. The smallest absolute Gasteiger partial charge is 0.225 e. The van der Waals surface area contributed by atoms with Gasteiger partial charge in [0.1, 0.15) is 6.23 Å². The Labute approximate surface area is 214 Å². The molecule has 2 heterocycles. The molecule has 3 rings (SSSR count). The molecule has 3 aliphatic rings. The summed E-state index contributed by atoms with van der Waals surface area (Å²) in [5.74, 6) is 3.05. The second-order valence-corrected chi connectivity index (χ2v) is 11.9. The Kier molecular flexibility index (Phi) is 12.3. The minimum atomic E-state index is -0.318. The Morgan fingerprint density at radius 2 is 1.91 bits per heavy atom. The van der Waals surface area contributed by atoms with E-state index in [0.717, 1.165) is 89.1 Å². The Hall–Kier alpha value is -0.730. The van der Waals surface area contributed by atoms with Gasteiger partial charge in [0.15, 0.2) is 0 Å². The summed E-state index contributed by atoms with van der Waals surface area (Å²) in [5, 5.41) is 14.3. The van der Waals surface area contributed by atoms with Gasteiger partial charge in [-0.15, -0.1) is 0 Å². The van der Waals surface area contributed by atoms with Gasteiger partial charge in [0.2, 0.25) is 5.91 Å². The van der Waals surface area contributed by atoms with Crippen molar-refractivity contribution < 1.29 is 19.4 Å². The second kappa shape index (κ2) is 14.9. The number of β-amino-alcohol motifs (C(OH)–C–C–N with tert-alkyl or cyclic N) is 1. The molecule has 5 unspecified atom stereocenters. The van der Waals surface area contributed by atoms with Crippen LogP contribution >= 0.6 is 0 Å². The van der Waals surface area contributed by atoms with Gasteiger partial charge in [-0.3, -0.25) is 10.1 Å². The maximum absolute atomic E-state index is 13.0. The molecule has 6 atom stereocenters. The predicted molar refractivity (Wildman–Crippen MR) is 140 cm³/mol. The molecule has 7 nitrogen and oxygen atoms in total. The number of ether oxygens (including phenoxy) is 2. The lowest BCUT2D eigenvalue weighted by Crippen LogP contribution is -2.47. The van der Waals surface area contributed by atoms with Gasteiger partial charge in [-0.25, -0.2) is 0 Å². The molecule has 1 aliphatic carbocycles. The number of carbonyl (C=O) groups excluding carboxylic acids is 1. The summed E-state index contributed by atoms with van der Waals surface area (Å²) in [5.41, 5.74) is 0. The van der Waals surface area contributed by atoms with E-state index in [1.165, 1.54) is 19.3 Å². The number of hydrogen-bond donors (Lipinski definition) is 2. The summed E-state index contributed by atoms with van der Waals surface area (Å²) in [6, 6.07) is 0. The molecule has 204 valence electrons. The van der Waals surface area contributed by atoms with Crippen molar-refractivity contribution in [3.8, 4) is 0 Å². The van der Waals surface area contributed by atoms with E-state index in [-0.39, 0.29) is 18.2 Å². The highest BCUT2D eigenvalue weighted by Crippen LogP contribution is 2.33. The van der Waals surface area contributed by atoms with Crippen molar-refractivity contribution in [3.05, 3.63) is 0 Å². The van der Waals surface area contributed by atoms with Gasteiger partial charge in [-0.05, 0) is 68.7 Å². The van der Waals surface area contributed by atoms with Crippen LogP contribution in [0.25, 0.3) is 0 Å². The lowest BCUT2D eigenvalue weighted by molar-refractivity contribution is -0.142. The van der Waals surface area contributed by atoms with E-state index in [0.29, 0.717) is 25.0 Å².